The van der Waals surface area contributed by atoms with Gasteiger partial charge in [-0.25, -0.2) is 4.79 Å². The van der Waals surface area contributed by atoms with Gasteiger partial charge in [-0.2, -0.15) is 0 Å². The molecule has 2 saturated heterocycles. The topological polar surface area (TPSA) is 46.5 Å². The third kappa shape index (κ3) is 2.04. The molecule has 2 aliphatic heterocycles. The zero-order chi connectivity index (χ0) is 9.97. The molecule has 2 unspecified atom stereocenters. The van der Waals surface area contributed by atoms with Crippen molar-refractivity contribution in [2.45, 2.75) is 37.9 Å². The van der Waals surface area contributed by atoms with Gasteiger partial charge in [-0.1, -0.05) is 12.2 Å². The number of carboxylic acids is 1. The number of ether oxygens (including phenoxy) is 1. The van der Waals surface area contributed by atoms with E-state index in [2.05, 4.69) is 0 Å². The Morgan fingerprint density at radius 2 is 2.29 bits per heavy atom. The van der Waals surface area contributed by atoms with Crippen molar-refractivity contribution in [1.29, 1.82) is 0 Å². The zero-order valence-corrected chi connectivity index (χ0v) is 7.98. The number of carboxylic acid groups (broad SMARTS) is 1. The Labute approximate surface area is 83.1 Å². The van der Waals surface area contributed by atoms with E-state index in [1.807, 2.05) is 6.08 Å². The summed E-state index contributed by atoms with van der Waals surface area (Å²) in [6.07, 6.45) is 9.76. The molecule has 2 bridgehead atoms. The number of rotatable bonds is 2. The summed E-state index contributed by atoms with van der Waals surface area (Å²) in [5.74, 6) is -0.900. The predicted molar refractivity (Wildman–Crippen MR) is 52.0 cm³/mol. The molecule has 0 spiro atoms. The summed E-state index contributed by atoms with van der Waals surface area (Å²) in [5.41, 5.74) is 1.25. The molecule has 2 rings (SSSR count). The van der Waals surface area contributed by atoms with Gasteiger partial charge in [0.15, 0.2) is 0 Å². The van der Waals surface area contributed by atoms with Crippen LogP contribution in [0.3, 0.4) is 0 Å². The van der Waals surface area contributed by atoms with Crippen LogP contribution in [0.25, 0.3) is 0 Å². The summed E-state index contributed by atoms with van der Waals surface area (Å²) < 4.78 is 5.72. The van der Waals surface area contributed by atoms with Crippen molar-refractivity contribution in [3.63, 3.8) is 0 Å². The molecule has 0 amide bonds. The molecule has 0 aromatic rings. The third-order valence-corrected chi connectivity index (χ3v) is 2.83. The summed E-state index contributed by atoms with van der Waals surface area (Å²) in [6.45, 7) is 0. The maximum atomic E-state index is 10.3. The Hall–Kier alpha value is -1.09. The van der Waals surface area contributed by atoms with Crippen molar-refractivity contribution >= 4 is 5.97 Å². The highest BCUT2D eigenvalue weighted by Gasteiger charge is 2.32. The molecule has 2 aliphatic rings. The van der Waals surface area contributed by atoms with Crippen molar-refractivity contribution in [2.24, 2.45) is 0 Å². The molecule has 0 radical (unpaired) electrons. The molecular formula is C11H14O3. The second-order valence-corrected chi connectivity index (χ2v) is 3.80. The van der Waals surface area contributed by atoms with E-state index in [-0.39, 0.29) is 6.10 Å². The van der Waals surface area contributed by atoms with Gasteiger partial charge in [0.2, 0.25) is 0 Å². The van der Waals surface area contributed by atoms with E-state index >= 15 is 0 Å². The fraction of sp³-hybridized carbons (Fsp3) is 0.545. The van der Waals surface area contributed by atoms with E-state index in [0.717, 1.165) is 31.8 Å². The lowest BCUT2D eigenvalue weighted by Gasteiger charge is -2.22. The van der Waals surface area contributed by atoms with Crippen molar-refractivity contribution in [1.82, 2.24) is 0 Å². The van der Waals surface area contributed by atoms with Gasteiger partial charge in [0.1, 0.15) is 0 Å². The van der Waals surface area contributed by atoms with Gasteiger partial charge in [-0.05, 0) is 31.3 Å². The van der Waals surface area contributed by atoms with Crippen LogP contribution in [0.4, 0.5) is 0 Å². The molecule has 2 heterocycles. The van der Waals surface area contributed by atoms with Gasteiger partial charge in [0.25, 0.3) is 0 Å². The first-order chi connectivity index (χ1) is 6.75. The summed E-state index contributed by atoms with van der Waals surface area (Å²) >= 11 is 0. The summed E-state index contributed by atoms with van der Waals surface area (Å²) in [4.78, 5) is 10.3. The minimum absolute atomic E-state index is 0.257. The molecule has 0 aromatic carbocycles. The van der Waals surface area contributed by atoms with Crippen LogP contribution in [0.5, 0.6) is 0 Å². The van der Waals surface area contributed by atoms with Crippen LogP contribution in [0, 0.1) is 0 Å². The molecule has 3 nitrogen and oxygen atoms in total. The first kappa shape index (κ1) is 9.46. The number of aliphatic carboxylic acids is 1. The van der Waals surface area contributed by atoms with Crippen molar-refractivity contribution < 1.29 is 14.6 Å². The van der Waals surface area contributed by atoms with E-state index < -0.39 is 5.97 Å². The molecular weight excluding hydrogens is 180 g/mol. The van der Waals surface area contributed by atoms with E-state index in [1.165, 1.54) is 5.57 Å². The van der Waals surface area contributed by atoms with E-state index in [0.29, 0.717) is 6.10 Å². The SMILES string of the molecule is O=C(O)/C=C/C=C1\CCC2CCC1O2. The fourth-order valence-electron chi connectivity index (χ4n) is 2.12. The van der Waals surface area contributed by atoms with Crippen LogP contribution in [-0.4, -0.2) is 23.3 Å². The van der Waals surface area contributed by atoms with Crippen LogP contribution in [0.15, 0.2) is 23.8 Å². The Kier molecular flexibility index (Phi) is 2.68. The Balaban J connectivity index is 2.00. The summed E-state index contributed by atoms with van der Waals surface area (Å²) in [7, 11) is 0. The van der Waals surface area contributed by atoms with Crippen LogP contribution in [0.2, 0.25) is 0 Å². The first-order valence-corrected chi connectivity index (χ1v) is 5.01. The number of carbonyl (C=O) groups is 1. The average Bonchev–Trinajstić information content (AvgIpc) is 2.52. The second-order valence-electron chi connectivity index (χ2n) is 3.80. The lowest BCUT2D eigenvalue weighted by Crippen LogP contribution is -2.19. The molecule has 2 fully saturated rings. The van der Waals surface area contributed by atoms with Crippen LogP contribution < -0.4 is 0 Å². The molecule has 14 heavy (non-hydrogen) atoms. The largest absolute Gasteiger partial charge is 0.478 e. The number of fused-ring (bicyclic) bond motifs is 2. The minimum Gasteiger partial charge on any atom is -0.478 e. The van der Waals surface area contributed by atoms with Gasteiger partial charge in [-0.15, -0.1) is 0 Å². The lowest BCUT2D eigenvalue weighted by molar-refractivity contribution is -0.131. The molecule has 3 heteroatoms. The highest BCUT2D eigenvalue weighted by Crippen LogP contribution is 2.35. The van der Waals surface area contributed by atoms with E-state index in [4.69, 9.17) is 9.84 Å². The Morgan fingerprint density at radius 3 is 3.07 bits per heavy atom. The van der Waals surface area contributed by atoms with E-state index in [1.54, 1.807) is 6.08 Å². The standard InChI is InChI=1S/C11H14O3/c12-11(13)3-1-2-8-4-5-9-6-7-10(8)14-9/h1-3,9-10H,4-7H2,(H,12,13)/b3-1+,8-2+. The summed E-state index contributed by atoms with van der Waals surface area (Å²) in [5, 5.41) is 8.43. The molecule has 0 saturated carbocycles. The smallest absolute Gasteiger partial charge is 0.328 e. The zero-order valence-electron chi connectivity index (χ0n) is 7.98. The normalized spacial score (nSPS) is 34.1. The van der Waals surface area contributed by atoms with Crippen LogP contribution in [-0.2, 0) is 9.53 Å². The van der Waals surface area contributed by atoms with Crippen molar-refractivity contribution in [3.8, 4) is 0 Å². The highest BCUT2D eigenvalue weighted by molar-refractivity contribution is 5.80. The molecule has 2 atom stereocenters. The van der Waals surface area contributed by atoms with E-state index in [9.17, 15) is 4.79 Å². The van der Waals surface area contributed by atoms with Crippen LogP contribution in [0.1, 0.15) is 25.7 Å². The number of hydrogen-bond donors (Lipinski definition) is 1. The van der Waals surface area contributed by atoms with Gasteiger partial charge >= 0.3 is 5.97 Å². The first-order valence-electron chi connectivity index (χ1n) is 5.01. The fourth-order valence-corrected chi connectivity index (χ4v) is 2.12. The quantitative estimate of drug-likeness (QED) is 0.683. The van der Waals surface area contributed by atoms with Crippen molar-refractivity contribution in [3.05, 3.63) is 23.8 Å². The maximum Gasteiger partial charge on any atom is 0.328 e. The monoisotopic (exact) mass is 194 g/mol. The molecule has 0 aromatic heterocycles. The van der Waals surface area contributed by atoms with Crippen LogP contribution >= 0.6 is 0 Å². The lowest BCUT2D eigenvalue weighted by atomic mass is 10.0. The minimum atomic E-state index is -0.900. The number of hydrogen-bond acceptors (Lipinski definition) is 2. The molecule has 1 N–H and O–H groups in total. The van der Waals surface area contributed by atoms with Gasteiger partial charge in [0, 0.05) is 6.08 Å². The van der Waals surface area contributed by atoms with Gasteiger partial charge in [-0.3, -0.25) is 0 Å². The second kappa shape index (κ2) is 3.96. The Morgan fingerprint density at radius 1 is 1.43 bits per heavy atom. The molecule has 0 aliphatic carbocycles. The Bertz CT molecular complexity index is 291. The van der Waals surface area contributed by atoms with Crippen molar-refractivity contribution in [2.75, 3.05) is 0 Å². The number of allylic oxidation sites excluding steroid dienone is 2. The van der Waals surface area contributed by atoms with Gasteiger partial charge in [0.05, 0.1) is 12.2 Å². The van der Waals surface area contributed by atoms with Gasteiger partial charge < -0.3 is 9.84 Å². The maximum absolute atomic E-state index is 10.3. The predicted octanol–water partition coefficient (Wildman–Crippen LogP) is 1.90. The average molecular weight is 194 g/mol. The third-order valence-electron chi connectivity index (χ3n) is 2.83. The highest BCUT2D eigenvalue weighted by atomic mass is 16.5. The summed E-state index contributed by atoms with van der Waals surface area (Å²) in [6, 6.07) is 0. The molecule has 76 valence electrons.